The molecule has 0 aliphatic heterocycles. The van der Waals surface area contributed by atoms with E-state index in [-0.39, 0.29) is 0 Å². The molecular formula is C8H8N4O. The predicted octanol–water partition coefficient (Wildman–Crippen LogP) is 0.869. The molecule has 2 aromatic rings. The van der Waals surface area contributed by atoms with E-state index in [2.05, 4.69) is 20.3 Å². The van der Waals surface area contributed by atoms with Gasteiger partial charge in [-0.05, 0) is 12.1 Å². The van der Waals surface area contributed by atoms with E-state index >= 15 is 0 Å². The Labute approximate surface area is 74.6 Å². The summed E-state index contributed by atoms with van der Waals surface area (Å²) in [4.78, 5) is 4.54. The monoisotopic (exact) mass is 176 g/mol. The number of nitrogens with zero attached hydrogens (tertiary/aromatic N) is 4. The Morgan fingerprint density at radius 1 is 1.46 bits per heavy atom. The van der Waals surface area contributed by atoms with E-state index in [1.807, 2.05) is 24.3 Å². The van der Waals surface area contributed by atoms with Gasteiger partial charge in [0.25, 0.3) is 0 Å². The van der Waals surface area contributed by atoms with Crippen LogP contribution in [0.5, 0.6) is 0 Å². The van der Waals surface area contributed by atoms with Crippen molar-refractivity contribution in [3.05, 3.63) is 24.3 Å². The van der Waals surface area contributed by atoms with Gasteiger partial charge >= 0.3 is 0 Å². The van der Waals surface area contributed by atoms with Gasteiger partial charge < -0.3 is 4.84 Å². The summed E-state index contributed by atoms with van der Waals surface area (Å²) in [5, 5.41) is 11.4. The third kappa shape index (κ3) is 1.35. The van der Waals surface area contributed by atoms with E-state index in [9.17, 15) is 0 Å². The van der Waals surface area contributed by atoms with Gasteiger partial charge in [0, 0.05) is 0 Å². The minimum Gasteiger partial charge on any atom is -0.398 e. The highest BCUT2D eigenvalue weighted by Crippen LogP contribution is 2.07. The Bertz CT molecular complexity index is 434. The summed E-state index contributed by atoms with van der Waals surface area (Å²) < 4.78 is 1.55. The van der Waals surface area contributed by atoms with E-state index in [1.54, 1.807) is 4.68 Å². The van der Waals surface area contributed by atoms with Gasteiger partial charge in [-0.2, -0.15) is 4.68 Å². The van der Waals surface area contributed by atoms with Crippen molar-refractivity contribution in [2.24, 2.45) is 5.16 Å². The lowest BCUT2D eigenvalue weighted by molar-refractivity contribution is 0.214. The van der Waals surface area contributed by atoms with Crippen LogP contribution in [0.1, 0.15) is 0 Å². The highest BCUT2D eigenvalue weighted by atomic mass is 16.6. The van der Waals surface area contributed by atoms with Crippen LogP contribution in [0.3, 0.4) is 0 Å². The zero-order valence-electron chi connectivity index (χ0n) is 7.08. The van der Waals surface area contributed by atoms with Crippen molar-refractivity contribution < 1.29 is 4.84 Å². The largest absolute Gasteiger partial charge is 0.398 e. The lowest BCUT2D eigenvalue weighted by Crippen LogP contribution is -1.97. The fraction of sp³-hybridized carbons (Fsp3) is 0.125. The van der Waals surface area contributed by atoms with Gasteiger partial charge in [0.05, 0.1) is 5.52 Å². The maximum Gasteiger partial charge on any atom is 0.158 e. The Kier molecular flexibility index (Phi) is 1.91. The number of rotatable bonds is 2. The zero-order chi connectivity index (χ0) is 9.10. The van der Waals surface area contributed by atoms with Crippen LogP contribution in [0, 0.1) is 0 Å². The van der Waals surface area contributed by atoms with E-state index < -0.39 is 0 Å². The summed E-state index contributed by atoms with van der Waals surface area (Å²) in [7, 11) is 1.48. The molecule has 0 radical (unpaired) electrons. The first-order valence-electron chi connectivity index (χ1n) is 3.78. The Morgan fingerprint density at radius 2 is 2.31 bits per heavy atom. The summed E-state index contributed by atoms with van der Waals surface area (Å²) in [6.07, 6.45) is 1.47. The van der Waals surface area contributed by atoms with Crippen molar-refractivity contribution in [1.82, 2.24) is 15.0 Å². The van der Waals surface area contributed by atoms with Crippen LogP contribution in [0.25, 0.3) is 11.0 Å². The second-order valence-electron chi connectivity index (χ2n) is 2.43. The van der Waals surface area contributed by atoms with Gasteiger partial charge in [-0.25, -0.2) is 0 Å². The van der Waals surface area contributed by atoms with Crippen LogP contribution in [0.4, 0.5) is 0 Å². The lowest BCUT2D eigenvalue weighted by Gasteiger charge is -1.90. The smallest absolute Gasteiger partial charge is 0.158 e. The molecule has 0 atom stereocenters. The predicted molar refractivity (Wildman–Crippen MR) is 48.4 cm³/mol. The number of benzene rings is 1. The van der Waals surface area contributed by atoms with E-state index in [4.69, 9.17) is 0 Å². The number of hydrogen-bond donors (Lipinski definition) is 0. The van der Waals surface area contributed by atoms with Crippen molar-refractivity contribution >= 4 is 17.4 Å². The second kappa shape index (κ2) is 3.22. The average molecular weight is 176 g/mol. The van der Waals surface area contributed by atoms with Gasteiger partial charge in [-0.15, -0.1) is 5.10 Å². The first kappa shape index (κ1) is 7.72. The highest BCUT2D eigenvalue weighted by molar-refractivity contribution is 5.80. The SMILES string of the molecule is CON=Cn1nnc2ccccc21. The van der Waals surface area contributed by atoms with E-state index in [0.29, 0.717) is 0 Å². The molecule has 5 nitrogen and oxygen atoms in total. The molecule has 0 saturated carbocycles. The van der Waals surface area contributed by atoms with Crippen molar-refractivity contribution in [1.29, 1.82) is 0 Å². The third-order valence-electron chi connectivity index (χ3n) is 1.64. The van der Waals surface area contributed by atoms with Gasteiger partial charge in [-0.3, -0.25) is 0 Å². The maximum absolute atomic E-state index is 4.54. The maximum atomic E-state index is 4.54. The Morgan fingerprint density at radius 3 is 3.15 bits per heavy atom. The topological polar surface area (TPSA) is 52.3 Å². The minimum absolute atomic E-state index is 0.838. The molecule has 2 rings (SSSR count). The molecule has 13 heavy (non-hydrogen) atoms. The fourth-order valence-corrected chi connectivity index (χ4v) is 1.06. The molecule has 0 aliphatic carbocycles. The first-order chi connectivity index (χ1) is 6.42. The highest BCUT2D eigenvalue weighted by Gasteiger charge is 1.99. The van der Waals surface area contributed by atoms with Crippen molar-refractivity contribution in [3.63, 3.8) is 0 Å². The first-order valence-corrected chi connectivity index (χ1v) is 3.78. The van der Waals surface area contributed by atoms with Crippen LogP contribution in [-0.4, -0.2) is 28.4 Å². The van der Waals surface area contributed by atoms with Gasteiger partial charge in [-0.1, -0.05) is 22.5 Å². The molecule has 1 aromatic heterocycles. The fourth-order valence-electron chi connectivity index (χ4n) is 1.06. The van der Waals surface area contributed by atoms with E-state index in [1.165, 1.54) is 13.4 Å². The number of fused-ring (bicyclic) bond motifs is 1. The molecule has 0 amide bonds. The minimum atomic E-state index is 0.838. The number of oxime groups is 1. The molecular weight excluding hydrogens is 168 g/mol. The molecule has 5 heteroatoms. The summed E-state index contributed by atoms with van der Waals surface area (Å²) in [5.74, 6) is 0. The number of hydrogen-bond acceptors (Lipinski definition) is 4. The van der Waals surface area contributed by atoms with Gasteiger partial charge in [0.15, 0.2) is 6.34 Å². The second-order valence-corrected chi connectivity index (χ2v) is 2.43. The molecule has 0 aliphatic rings. The van der Waals surface area contributed by atoms with Gasteiger partial charge in [0.2, 0.25) is 0 Å². The zero-order valence-corrected chi connectivity index (χ0v) is 7.08. The number of para-hydroxylation sites is 1. The van der Waals surface area contributed by atoms with Crippen LogP contribution in [0.15, 0.2) is 29.4 Å². The molecule has 0 N–H and O–H groups in total. The van der Waals surface area contributed by atoms with Crippen molar-refractivity contribution in [2.45, 2.75) is 0 Å². The van der Waals surface area contributed by atoms with E-state index in [0.717, 1.165) is 11.0 Å². The molecule has 66 valence electrons. The molecule has 1 heterocycles. The molecule has 0 spiro atoms. The van der Waals surface area contributed by atoms with Crippen molar-refractivity contribution in [2.75, 3.05) is 7.11 Å². The summed E-state index contributed by atoms with van der Waals surface area (Å²) in [6, 6.07) is 7.63. The average Bonchev–Trinajstić information content (AvgIpc) is 2.58. The molecule has 1 aromatic carbocycles. The Balaban J connectivity index is 2.52. The summed E-state index contributed by atoms with van der Waals surface area (Å²) >= 11 is 0. The molecule has 0 fully saturated rings. The normalized spacial score (nSPS) is 11.2. The third-order valence-corrected chi connectivity index (χ3v) is 1.64. The quantitative estimate of drug-likeness (QED) is 0.387. The van der Waals surface area contributed by atoms with Crippen LogP contribution >= 0.6 is 0 Å². The summed E-state index contributed by atoms with van der Waals surface area (Å²) in [6.45, 7) is 0. The van der Waals surface area contributed by atoms with Crippen LogP contribution < -0.4 is 0 Å². The van der Waals surface area contributed by atoms with Crippen LogP contribution in [0.2, 0.25) is 0 Å². The molecule has 0 saturated heterocycles. The Hall–Kier alpha value is -1.91. The van der Waals surface area contributed by atoms with Crippen molar-refractivity contribution in [3.8, 4) is 0 Å². The summed E-state index contributed by atoms with van der Waals surface area (Å²) in [5.41, 5.74) is 1.74. The standard InChI is InChI=1S/C8H8N4O/c1-13-9-6-12-8-5-3-2-4-7(8)10-11-12/h2-6H,1H3. The molecule has 0 bridgehead atoms. The van der Waals surface area contributed by atoms with Crippen LogP contribution in [-0.2, 0) is 4.84 Å². The lowest BCUT2D eigenvalue weighted by atomic mass is 10.3. The molecule has 0 unspecified atom stereocenters. The number of aromatic nitrogens is 3. The van der Waals surface area contributed by atoms with Gasteiger partial charge in [0.1, 0.15) is 12.6 Å².